The van der Waals surface area contributed by atoms with Gasteiger partial charge in [0, 0.05) is 29.6 Å². The Hall–Kier alpha value is -2.79. The fraction of sp³-hybridized carbons (Fsp3) is 0.250. The highest BCUT2D eigenvalue weighted by atomic mass is 16.5. The number of hydrogen-bond acceptors (Lipinski definition) is 3. The minimum atomic E-state index is -0.0587. The lowest BCUT2D eigenvalue weighted by atomic mass is 10.2. The Kier molecular flexibility index (Phi) is 4.39. The fourth-order valence-corrected chi connectivity index (χ4v) is 3.10. The van der Waals surface area contributed by atoms with Crippen molar-refractivity contribution in [3.63, 3.8) is 0 Å². The van der Waals surface area contributed by atoms with Crippen LogP contribution in [-0.2, 0) is 6.61 Å². The van der Waals surface area contributed by atoms with Crippen molar-refractivity contribution in [2.24, 2.45) is 0 Å². The van der Waals surface area contributed by atoms with Crippen molar-refractivity contribution < 1.29 is 9.53 Å². The third-order valence-corrected chi connectivity index (χ3v) is 4.48. The molecule has 5 heteroatoms. The average Bonchev–Trinajstić information content (AvgIpc) is 3.29. The van der Waals surface area contributed by atoms with Crippen LogP contribution < -0.4 is 15.4 Å². The minimum absolute atomic E-state index is 0.0587. The Bertz CT molecular complexity index is 867. The Morgan fingerprint density at radius 1 is 1.16 bits per heavy atom. The van der Waals surface area contributed by atoms with Crippen molar-refractivity contribution in [2.45, 2.75) is 19.1 Å². The van der Waals surface area contributed by atoms with Crippen molar-refractivity contribution in [1.29, 1.82) is 0 Å². The maximum Gasteiger partial charge on any atom is 0.267 e. The molecule has 0 aliphatic carbocycles. The zero-order valence-electron chi connectivity index (χ0n) is 13.9. The van der Waals surface area contributed by atoms with Crippen LogP contribution in [0, 0.1) is 0 Å². The number of benzene rings is 2. The summed E-state index contributed by atoms with van der Waals surface area (Å²) >= 11 is 0. The molecule has 3 N–H and O–H groups in total. The molecule has 1 amide bonds. The van der Waals surface area contributed by atoms with E-state index in [1.165, 1.54) is 0 Å². The van der Waals surface area contributed by atoms with E-state index in [0.717, 1.165) is 41.7 Å². The molecule has 3 aromatic rings. The largest absolute Gasteiger partial charge is 0.489 e. The summed E-state index contributed by atoms with van der Waals surface area (Å²) in [7, 11) is 0. The van der Waals surface area contributed by atoms with Crippen molar-refractivity contribution in [1.82, 2.24) is 15.6 Å². The van der Waals surface area contributed by atoms with E-state index in [0.29, 0.717) is 12.3 Å². The highest BCUT2D eigenvalue weighted by Crippen LogP contribution is 2.22. The molecule has 1 saturated heterocycles. The molecule has 1 aliphatic heterocycles. The van der Waals surface area contributed by atoms with Crippen LogP contribution in [0.15, 0.2) is 54.6 Å². The first-order valence-corrected chi connectivity index (χ1v) is 8.59. The maximum absolute atomic E-state index is 12.4. The SMILES string of the molecule is O=C(NC1CCNC1)c1cc2ccc(OCc3ccccc3)cc2[nH]1. The predicted octanol–water partition coefficient (Wildman–Crippen LogP) is 2.84. The van der Waals surface area contributed by atoms with Crippen LogP contribution in [0.1, 0.15) is 22.5 Å². The molecular formula is C20H21N3O2. The Morgan fingerprint density at radius 3 is 2.84 bits per heavy atom. The van der Waals surface area contributed by atoms with Crippen LogP contribution in [0.4, 0.5) is 0 Å². The van der Waals surface area contributed by atoms with Gasteiger partial charge >= 0.3 is 0 Å². The second-order valence-corrected chi connectivity index (χ2v) is 6.37. The summed E-state index contributed by atoms with van der Waals surface area (Å²) in [6, 6.07) is 18.0. The molecule has 0 spiro atoms. The third kappa shape index (κ3) is 3.67. The molecule has 4 rings (SSSR count). The molecular weight excluding hydrogens is 314 g/mol. The summed E-state index contributed by atoms with van der Waals surface area (Å²) in [5, 5.41) is 7.30. The lowest BCUT2D eigenvalue weighted by Crippen LogP contribution is -2.36. The van der Waals surface area contributed by atoms with Gasteiger partial charge in [0.1, 0.15) is 18.1 Å². The van der Waals surface area contributed by atoms with Gasteiger partial charge in [-0.1, -0.05) is 30.3 Å². The first kappa shape index (κ1) is 15.7. The van der Waals surface area contributed by atoms with Crippen LogP contribution in [0.25, 0.3) is 10.9 Å². The number of hydrogen-bond donors (Lipinski definition) is 3. The smallest absolute Gasteiger partial charge is 0.267 e. The summed E-state index contributed by atoms with van der Waals surface area (Å²) in [6.45, 7) is 2.32. The van der Waals surface area contributed by atoms with Gasteiger partial charge in [-0.15, -0.1) is 0 Å². The standard InChI is InChI=1S/C20H21N3O2/c24-20(22-16-8-9-21-12-16)19-10-15-6-7-17(11-18(15)23-19)25-13-14-4-2-1-3-5-14/h1-7,10-11,16,21,23H,8-9,12-13H2,(H,22,24). The summed E-state index contributed by atoms with van der Waals surface area (Å²) in [4.78, 5) is 15.6. The quantitative estimate of drug-likeness (QED) is 0.672. The summed E-state index contributed by atoms with van der Waals surface area (Å²) in [6.07, 6.45) is 0.976. The summed E-state index contributed by atoms with van der Waals surface area (Å²) in [5.74, 6) is 0.724. The number of aromatic nitrogens is 1. The number of nitrogens with one attached hydrogen (secondary N) is 3. The van der Waals surface area contributed by atoms with Gasteiger partial charge in [0.25, 0.3) is 5.91 Å². The normalized spacial score (nSPS) is 16.9. The first-order valence-electron chi connectivity index (χ1n) is 8.59. The molecule has 1 aliphatic rings. The molecule has 1 fully saturated rings. The van der Waals surface area contributed by atoms with Crippen molar-refractivity contribution >= 4 is 16.8 Å². The average molecular weight is 335 g/mol. The number of fused-ring (bicyclic) bond motifs is 1. The van der Waals surface area contributed by atoms with E-state index in [1.54, 1.807) is 0 Å². The van der Waals surface area contributed by atoms with E-state index in [9.17, 15) is 4.79 Å². The van der Waals surface area contributed by atoms with Gasteiger partial charge in [-0.05, 0) is 36.7 Å². The number of rotatable bonds is 5. The highest BCUT2D eigenvalue weighted by molar-refractivity contribution is 5.98. The number of carbonyl (C=O) groups excluding carboxylic acids is 1. The third-order valence-electron chi connectivity index (χ3n) is 4.48. The van der Waals surface area contributed by atoms with E-state index < -0.39 is 0 Å². The fourth-order valence-electron chi connectivity index (χ4n) is 3.10. The zero-order chi connectivity index (χ0) is 17.1. The topological polar surface area (TPSA) is 66.2 Å². The number of amides is 1. The van der Waals surface area contributed by atoms with E-state index in [4.69, 9.17) is 4.74 Å². The molecule has 0 saturated carbocycles. The molecule has 2 heterocycles. The highest BCUT2D eigenvalue weighted by Gasteiger charge is 2.18. The molecule has 0 radical (unpaired) electrons. The van der Waals surface area contributed by atoms with E-state index >= 15 is 0 Å². The van der Waals surface area contributed by atoms with Gasteiger partial charge in [0.15, 0.2) is 0 Å². The van der Waals surface area contributed by atoms with Crippen molar-refractivity contribution in [2.75, 3.05) is 13.1 Å². The molecule has 1 aromatic heterocycles. The second kappa shape index (κ2) is 6.99. The number of carbonyl (C=O) groups is 1. The van der Waals surface area contributed by atoms with Gasteiger partial charge in [0.2, 0.25) is 0 Å². The molecule has 25 heavy (non-hydrogen) atoms. The number of aromatic amines is 1. The van der Waals surface area contributed by atoms with Crippen LogP contribution >= 0.6 is 0 Å². The van der Waals surface area contributed by atoms with Crippen LogP contribution in [0.5, 0.6) is 5.75 Å². The first-order chi connectivity index (χ1) is 12.3. The summed E-state index contributed by atoms with van der Waals surface area (Å²) in [5.41, 5.74) is 2.61. The molecule has 2 aromatic carbocycles. The molecule has 1 unspecified atom stereocenters. The molecule has 0 bridgehead atoms. The van der Waals surface area contributed by atoms with E-state index in [2.05, 4.69) is 15.6 Å². The lowest BCUT2D eigenvalue weighted by Gasteiger charge is -2.09. The van der Waals surface area contributed by atoms with Crippen LogP contribution in [0.2, 0.25) is 0 Å². The van der Waals surface area contributed by atoms with E-state index in [-0.39, 0.29) is 11.9 Å². The number of ether oxygens (including phenoxy) is 1. The van der Waals surface area contributed by atoms with Crippen LogP contribution in [0.3, 0.4) is 0 Å². The monoisotopic (exact) mass is 335 g/mol. The van der Waals surface area contributed by atoms with Gasteiger partial charge in [-0.25, -0.2) is 0 Å². The molecule has 1 atom stereocenters. The minimum Gasteiger partial charge on any atom is -0.489 e. The zero-order valence-corrected chi connectivity index (χ0v) is 13.9. The molecule has 5 nitrogen and oxygen atoms in total. The van der Waals surface area contributed by atoms with Gasteiger partial charge in [-0.3, -0.25) is 4.79 Å². The second-order valence-electron chi connectivity index (χ2n) is 6.37. The summed E-state index contributed by atoms with van der Waals surface area (Å²) < 4.78 is 5.85. The van der Waals surface area contributed by atoms with Gasteiger partial charge in [-0.2, -0.15) is 0 Å². The van der Waals surface area contributed by atoms with Gasteiger partial charge in [0.05, 0.1) is 0 Å². The molecule has 128 valence electrons. The Morgan fingerprint density at radius 2 is 2.04 bits per heavy atom. The predicted molar refractivity (Wildman–Crippen MR) is 97.8 cm³/mol. The van der Waals surface area contributed by atoms with Crippen molar-refractivity contribution in [3.8, 4) is 5.75 Å². The number of H-pyrrole nitrogens is 1. The van der Waals surface area contributed by atoms with Gasteiger partial charge < -0.3 is 20.4 Å². The Labute approximate surface area is 146 Å². The van der Waals surface area contributed by atoms with Crippen molar-refractivity contribution in [3.05, 3.63) is 65.9 Å². The van der Waals surface area contributed by atoms with Crippen LogP contribution in [-0.4, -0.2) is 30.0 Å². The Balaban J connectivity index is 1.46. The lowest BCUT2D eigenvalue weighted by molar-refractivity contribution is 0.0936. The maximum atomic E-state index is 12.4. The van der Waals surface area contributed by atoms with E-state index in [1.807, 2.05) is 54.6 Å².